The minimum Gasteiger partial charge on any atom is -0.314 e. The number of hydrogen-bond acceptors (Lipinski definition) is 1. The molecule has 19 heavy (non-hydrogen) atoms. The van der Waals surface area contributed by atoms with Crippen molar-refractivity contribution in [2.75, 3.05) is 6.54 Å². The van der Waals surface area contributed by atoms with Gasteiger partial charge < -0.3 is 5.32 Å². The Balaban J connectivity index is 1.74. The summed E-state index contributed by atoms with van der Waals surface area (Å²) in [5, 5.41) is 3.80. The molecule has 0 amide bonds. The van der Waals surface area contributed by atoms with Crippen LogP contribution < -0.4 is 5.32 Å². The first-order valence-corrected chi connectivity index (χ1v) is 8.63. The monoisotopic (exact) mass is 263 g/mol. The second-order valence-electron chi connectivity index (χ2n) is 9.10. The Morgan fingerprint density at radius 1 is 1.00 bits per heavy atom. The van der Waals surface area contributed by atoms with E-state index >= 15 is 0 Å². The third-order valence-corrected chi connectivity index (χ3v) is 6.30. The normalized spacial score (nSPS) is 42.6. The van der Waals surface area contributed by atoms with Gasteiger partial charge in [-0.25, -0.2) is 0 Å². The van der Waals surface area contributed by atoms with Gasteiger partial charge in [0.15, 0.2) is 0 Å². The molecule has 1 nitrogen and oxygen atoms in total. The Hall–Kier alpha value is -0.0400. The second kappa shape index (κ2) is 4.76. The summed E-state index contributed by atoms with van der Waals surface area (Å²) in [6.07, 6.45) is 10.8. The van der Waals surface area contributed by atoms with Crippen LogP contribution in [0.15, 0.2) is 0 Å². The predicted molar refractivity (Wildman–Crippen MR) is 82.1 cm³/mol. The highest BCUT2D eigenvalue weighted by molar-refractivity contribution is 5.03. The number of rotatable bonds is 4. The standard InChI is InChI=1S/C18H33N/c1-5-19-16(17(2,3)4)12-18-9-13-6-14(10-18)8-15(7-13)11-18/h13-16,19H,5-12H2,1-4H3. The van der Waals surface area contributed by atoms with Crippen molar-refractivity contribution in [3.63, 3.8) is 0 Å². The van der Waals surface area contributed by atoms with Crippen LogP contribution in [0, 0.1) is 28.6 Å². The molecule has 0 aromatic heterocycles. The van der Waals surface area contributed by atoms with Crippen molar-refractivity contribution in [3.8, 4) is 0 Å². The smallest absolute Gasteiger partial charge is 0.0121 e. The van der Waals surface area contributed by atoms with Gasteiger partial charge in [-0.1, -0.05) is 27.7 Å². The van der Waals surface area contributed by atoms with Crippen molar-refractivity contribution in [1.29, 1.82) is 0 Å². The van der Waals surface area contributed by atoms with Crippen molar-refractivity contribution < 1.29 is 0 Å². The van der Waals surface area contributed by atoms with E-state index in [2.05, 4.69) is 33.0 Å². The van der Waals surface area contributed by atoms with E-state index in [1.54, 1.807) is 38.5 Å². The van der Waals surface area contributed by atoms with Crippen LogP contribution in [0.2, 0.25) is 0 Å². The predicted octanol–water partition coefficient (Wildman–Crippen LogP) is 4.62. The molecule has 0 aliphatic heterocycles. The highest BCUT2D eigenvalue weighted by Crippen LogP contribution is 2.62. The molecule has 4 fully saturated rings. The third-order valence-electron chi connectivity index (χ3n) is 6.30. The molecule has 4 aliphatic carbocycles. The molecule has 110 valence electrons. The highest BCUT2D eigenvalue weighted by atomic mass is 14.9. The third kappa shape index (κ3) is 2.73. The van der Waals surface area contributed by atoms with E-state index < -0.39 is 0 Å². The lowest BCUT2D eigenvalue weighted by atomic mass is 9.48. The van der Waals surface area contributed by atoms with Gasteiger partial charge in [0.25, 0.3) is 0 Å². The van der Waals surface area contributed by atoms with E-state index in [9.17, 15) is 0 Å². The lowest BCUT2D eigenvalue weighted by Gasteiger charge is -2.58. The Morgan fingerprint density at radius 2 is 1.47 bits per heavy atom. The fourth-order valence-corrected chi connectivity index (χ4v) is 5.90. The van der Waals surface area contributed by atoms with Crippen LogP contribution in [0.1, 0.15) is 72.6 Å². The molecule has 0 aromatic rings. The van der Waals surface area contributed by atoms with E-state index in [0.29, 0.717) is 11.5 Å². The molecule has 4 aliphatic rings. The summed E-state index contributed by atoms with van der Waals surface area (Å²) >= 11 is 0. The molecule has 0 heterocycles. The van der Waals surface area contributed by atoms with E-state index in [1.165, 1.54) is 6.42 Å². The van der Waals surface area contributed by atoms with Gasteiger partial charge in [0, 0.05) is 6.04 Å². The molecular weight excluding hydrogens is 230 g/mol. The van der Waals surface area contributed by atoms with Crippen LogP contribution in [-0.4, -0.2) is 12.6 Å². The van der Waals surface area contributed by atoms with E-state index in [0.717, 1.165) is 29.7 Å². The van der Waals surface area contributed by atoms with Crippen molar-refractivity contribution in [1.82, 2.24) is 5.32 Å². The van der Waals surface area contributed by atoms with Crippen molar-refractivity contribution in [2.45, 2.75) is 78.7 Å². The second-order valence-corrected chi connectivity index (χ2v) is 9.10. The maximum absolute atomic E-state index is 3.80. The summed E-state index contributed by atoms with van der Waals surface area (Å²) in [5.74, 6) is 3.27. The molecule has 0 radical (unpaired) electrons. The summed E-state index contributed by atoms with van der Waals surface area (Å²) in [4.78, 5) is 0. The van der Waals surface area contributed by atoms with E-state index in [4.69, 9.17) is 0 Å². The lowest BCUT2D eigenvalue weighted by Crippen LogP contribution is -2.51. The molecule has 0 spiro atoms. The molecular formula is C18H33N. The van der Waals surface area contributed by atoms with Crippen LogP contribution >= 0.6 is 0 Å². The molecule has 1 atom stereocenters. The van der Waals surface area contributed by atoms with Crippen molar-refractivity contribution >= 4 is 0 Å². The number of nitrogens with one attached hydrogen (secondary N) is 1. The van der Waals surface area contributed by atoms with Gasteiger partial charge in [0.05, 0.1) is 0 Å². The van der Waals surface area contributed by atoms with E-state index in [-0.39, 0.29) is 0 Å². The van der Waals surface area contributed by atoms with Crippen LogP contribution in [0.4, 0.5) is 0 Å². The summed E-state index contributed by atoms with van der Waals surface area (Å²) in [6, 6.07) is 0.703. The van der Waals surface area contributed by atoms with Gasteiger partial charge in [-0.2, -0.15) is 0 Å². The van der Waals surface area contributed by atoms with Crippen LogP contribution in [0.5, 0.6) is 0 Å². The molecule has 0 saturated heterocycles. The fourth-order valence-electron chi connectivity index (χ4n) is 5.90. The first kappa shape index (κ1) is 13.9. The van der Waals surface area contributed by atoms with Gasteiger partial charge in [0.2, 0.25) is 0 Å². The molecule has 4 bridgehead atoms. The van der Waals surface area contributed by atoms with Gasteiger partial charge in [-0.3, -0.25) is 0 Å². The fraction of sp³-hybridized carbons (Fsp3) is 1.00. The zero-order chi connectivity index (χ0) is 13.7. The average Bonchev–Trinajstić information content (AvgIpc) is 2.24. The largest absolute Gasteiger partial charge is 0.314 e. The quantitative estimate of drug-likeness (QED) is 0.780. The average molecular weight is 263 g/mol. The van der Waals surface area contributed by atoms with Gasteiger partial charge in [-0.15, -0.1) is 0 Å². The van der Waals surface area contributed by atoms with Crippen LogP contribution in [0.25, 0.3) is 0 Å². The summed E-state index contributed by atoms with van der Waals surface area (Å²) in [7, 11) is 0. The van der Waals surface area contributed by atoms with Gasteiger partial charge in [0.1, 0.15) is 0 Å². The molecule has 4 rings (SSSR count). The number of hydrogen-bond donors (Lipinski definition) is 1. The molecule has 1 N–H and O–H groups in total. The van der Waals surface area contributed by atoms with E-state index in [1.807, 2.05) is 0 Å². The Bertz CT molecular complexity index is 290. The molecule has 1 heteroatoms. The lowest BCUT2D eigenvalue weighted by molar-refractivity contribution is -0.0676. The molecule has 4 saturated carbocycles. The minimum absolute atomic E-state index is 0.402. The first-order valence-electron chi connectivity index (χ1n) is 8.63. The topological polar surface area (TPSA) is 12.0 Å². The van der Waals surface area contributed by atoms with Crippen molar-refractivity contribution in [2.24, 2.45) is 28.6 Å². The summed E-state index contributed by atoms with van der Waals surface area (Å²) in [6.45, 7) is 10.6. The Morgan fingerprint density at radius 3 is 1.84 bits per heavy atom. The molecule has 0 aromatic carbocycles. The highest BCUT2D eigenvalue weighted by Gasteiger charge is 2.51. The Labute approximate surface area is 119 Å². The summed E-state index contributed by atoms with van der Waals surface area (Å²) in [5.41, 5.74) is 1.12. The van der Waals surface area contributed by atoms with Gasteiger partial charge >= 0.3 is 0 Å². The minimum atomic E-state index is 0.402. The van der Waals surface area contributed by atoms with Crippen molar-refractivity contribution in [3.05, 3.63) is 0 Å². The first-order chi connectivity index (χ1) is 8.90. The Kier molecular flexibility index (Phi) is 3.48. The van der Waals surface area contributed by atoms with Crippen LogP contribution in [-0.2, 0) is 0 Å². The van der Waals surface area contributed by atoms with Crippen LogP contribution in [0.3, 0.4) is 0 Å². The molecule has 1 unspecified atom stereocenters. The zero-order valence-electron chi connectivity index (χ0n) is 13.5. The maximum Gasteiger partial charge on any atom is 0.0121 e. The zero-order valence-corrected chi connectivity index (χ0v) is 13.5. The SMILES string of the molecule is CCNC(CC12CC3CC(CC(C3)C1)C2)C(C)(C)C. The van der Waals surface area contributed by atoms with Gasteiger partial charge in [-0.05, 0) is 80.1 Å². The summed E-state index contributed by atoms with van der Waals surface area (Å²) < 4.78 is 0. The maximum atomic E-state index is 3.80.